The fraction of sp³-hybridized carbons (Fsp3) is 0.500. The Morgan fingerprint density at radius 1 is 1.41 bits per heavy atom. The van der Waals surface area contributed by atoms with Gasteiger partial charge in [-0.1, -0.05) is 36.8 Å². The summed E-state index contributed by atoms with van der Waals surface area (Å²) in [4.78, 5) is 11.5. The number of nitrogens with one attached hydrogen (secondary N) is 1. The van der Waals surface area contributed by atoms with Crippen molar-refractivity contribution < 1.29 is 9.90 Å². The molecule has 17 heavy (non-hydrogen) atoms. The number of carbonyl (C=O) groups is 1. The van der Waals surface area contributed by atoms with Crippen molar-refractivity contribution in [1.29, 1.82) is 0 Å². The van der Waals surface area contributed by atoms with Gasteiger partial charge in [-0.05, 0) is 31.7 Å². The van der Waals surface area contributed by atoms with E-state index in [1.165, 1.54) is 0 Å². The van der Waals surface area contributed by atoms with Crippen LogP contribution in [0.25, 0.3) is 0 Å². The van der Waals surface area contributed by atoms with E-state index in [1.54, 1.807) is 6.92 Å². The molecule has 3 unspecified atom stereocenters. The minimum Gasteiger partial charge on any atom is -0.480 e. The number of hydrogen-bond acceptors (Lipinski definition) is 2. The van der Waals surface area contributed by atoms with E-state index in [0.717, 1.165) is 17.5 Å². The van der Waals surface area contributed by atoms with Gasteiger partial charge in [-0.15, -0.1) is 0 Å². The van der Waals surface area contributed by atoms with E-state index in [2.05, 4.69) is 12.2 Å². The molecule has 92 valence electrons. The molecule has 3 atom stereocenters. The molecule has 0 heterocycles. The minimum absolute atomic E-state index is 0.331. The van der Waals surface area contributed by atoms with Gasteiger partial charge in [-0.3, -0.25) is 5.32 Å². The summed E-state index contributed by atoms with van der Waals surface area (Å²) in [5.74, 6) is -0.237. The average Bonchev–Trinajstić information content (AvgIpc) is 2.94. The van der Waals surface area contributed by atoms with E-state index >= 15 is 0 Å². The van der Waals surface area contributed by atoms with Gasteiger partial charge in [0.15, 0.2) is 0 Å². The van der Waals surface area contributed by atoms with E-state index in [1.807, 2.05) is 31.2 Å². The second-order valence-corrected chi connectivity index (χ2v) is 5.26. The lowest BCUT2D eigenvalue weighted by Gasteiger charge is -2.27. The van der Waals surface area contributed by atoms with Crippen LogP contribution in [0.5, 0.6) is 0 Å². The summed E-state index contributed by atoms with van der Waals surface area (Å²) < 4.78 is 0. The summed E-state index contributed by atoms with van der Waals surface area (Å²) >= 11 is 0. The van der Waals surface area contributed by atoms with Crippen LogP contribution >= 0.6 is 0 Å². The van der Waals surface area contributed by atoms with Crippen LogP contribution < -0.4 is 5.32 Å². The van der Waals surface area contributed by atoms with Crippen molar-refractivity contribution in [2.75, 3.05) is 0 Å². The third kappa shape index (κ3) is 2.34. The Bertz CT molecular complexity index is 426. The van der Waals surface area contributed by atoms with E-state index in [4.69, 9.17) is 0 Å². The molecule has 0 spiro atoms. The Labute approximate surface area is 102 Å². The first-order chi connectivity index (χ1) is 7.93. The summed E-state index contributed by atoms with van der Waals surface area (Å²) in [6.45, 7) is 5.87. The maximum Gasteiger partial charge on any atom is 0.328 e. The van der Waals surface area contributed by atoms with Gasteiger partial charge < -0.3 is 5.11 Å². The summed E-state index contributed by atoms with van der Waals surface area (Å²) in [5, 5.41) is 12.7. The quantitative estimate of drug-likeness (QED) is 0.839. The Balaban J connectivity index is 2.26. The standard InChI is InChI=1S/C14H19NO2/c1-9-4-6-11(7-5-9)14(3,13(16)17)15-12-8-10(12)2/h4-7,10,12,15H,8H2,1-3H3,(H,16,17). The summed E-state index contributed by atoms with van der Waals surface area (Å²) in [6.07, 6.45) is 1.06. The van der Waals surface area contributed by atoms with Gasteiger partial charge in [-0.2, -0.15) is 0 Å². The first-order valence-electron chi connectivity index (χ1n) is 6.01. The van der Waals surface area contributed by atoms with Crippen LogP contribution in [0.1, 0.15) is 31.4 Å². The number of benzene rings is 1. The molecule has 0 radical (unpaired) electrons. The maximum atomic E-state index is 11.5. The monoisotopic (exact) mass is 233 g/mol. The second kappa shape index (κ2) is 4.15. The highest BCUT2D eigenvalue weighted by Crippen LogP contribution is 2.34. The minimum atomic E-state index is -0.983. The lowest BCUT2D eigenvalue weighted by Crippen LogP contribution is -2.48. The number of hydrogen-bond donors (Lipinski definition) is 2. The van der Waals surface area contributed by atoms with Crippen molar-refractivity contribution in [2.45, 2.75) is 38.8 Å². The number of aliphatic carboxylic acids is 1. The molecule has 1 fully saturated rings. The highest BCUT2D eigenvalue weighted by molar-refractivity contribution is 5.80. The van der Waals surface area contributed by atoms with Gasteiger partial charge in [0.1, 0.15) is 5.54 Å². The lowest BCUT2D eigenvalue weighted by atomic mass is 9.91. The van der Waals surface area contributed by atoms with Crippen molar-refractivity contribution in [3.8, 4) is 0 Å². The van der Waals surface area contributed by atoms with Gasteiger partial charge in [0.25, 0.3) is 0 Å². The van der Waals surface area contributed by atoms with Gasteiger partial charge in [-0.25, -0.2) is 4.79 Å². The molecule has 1 aliphatic rings. The van der Waals surface area contributed by atoms with Crippen LogP contribution in [0.2, 0.25) is 0 Å². The normalized spacial score (nSPS) is 26.3. The highest BCUT2D eigenvalue weighted by atomic mass is 16.4. The zero-order valence-corrected chi connectivity index (χ0v) is 10.5. The summed E-state index contributed by atoms with van der Waals surface area (Å²) in [6, 6.07) is 8.02. The summed E-state index contributed by atoms with van der Waals surface area (Å²) in [5.41, 5.74) is 0.972. The number of rotatable bonds is 4. The van der Waals surface area contributed by atoms with E-state index in [0.29, 0.717) is 12.0 Å². The van der Waals surface area contributed by atoms with Crippen molar-refractivity contribution >= 4 is 5.97 Å². The van der Waals surface area contributed by atoms with Gasteiger partial charge in [0.05, 0.1) is 0 Å². The average molecular weight is 233 g/mol. The van der Waals surface area contributed by atoms with Crippen molar-refractivity contribution in [3.05, 3.63) is 35.4 Å². The molecule has 1 saturated carbocycles. The highest BCUT2D eigenvalue weighted by Gasteiger charge is 2.43. The van der Waals surface area contributed by atoms with Crippen molar-refractivity contribution in [2.24, 2.45) is 5.92 Å². The Hall–Kier alpha value is -1.35. The maximum absolute atomic E-state index is 11.5. The predicted molar refractivity (Wildman–Crippen MR) is 66.9 cm³/mol. The molecule has 0 aliphatic heterocycles. The fourth-order valence-electron chi connectivity index (χ4n) is 2.05. The molecule has 0 amide bonds. The SMILES string of the molecule is Cc1ccc(C(C)(NC2CC2C)C(=O)O)cc1. The molecule has 0 aromatic heterocycles. The van der Waals surface area contributed by atoms with E-state index in [-0.39, 0.29) is 0 Å². The van der Waals surface area contributed by atoms with Crippen LogP contribution in [0.15, 0.2) is 24.3 Å². The van der Waals surface area contributed by atoms with Crippen LogP contribution in [0.4, 0.5) is 0 Å². The zero-order chi connectivity index (χ0) is 12.6. The molecular formula is C14H19NO2. The first kappa shape index (κ1) is 12.1. The molecule has 1 aromatic rings. The van der Waals surface area contributed by atoms with Gasteiger partial charge in [0, 0.05) is 6.04 Å². The van der Waals surface area contributed by atoms with Gasteiger partial charge in [0.2, 0.25) is 0 Å². The fourth-order valence-corrected chi connectivity index (χ4v) is 2.05. The molecule has 3 heteroatoms. The molecule has 0 bridgehead atoms. The molecule has 3 nitrogen and oxygen atoms in total. The number of carboxylic acid groups (broad SMARTS) is 1. The predicted octanol–water partition coefficient (Wildman–Crippen LogP) is 2.29. The number of carboxylic acids is 1. The summed E-state index contributed by atoms with van der Waals surface area (Å²) in [7, 11) is 0. The van der Waals surface area contributed by atoms with Crippen LogP contribution in [-0.4, -0.2) is 17.1 Å². The smallest absolute Gasteiger partial charge is 0.328 e. The molecule has 0 saturated heterocycles. The van der Waals surface area contributed by atoms with Crippen LogP contribution in [-0.2, 0) is 10.3 Å². The van der Waals surface area contributed by atoms with E-state index < -0.39 is 11.5 Å². The van der Waals surface area contributed by atoms with E-state index in [9.17, 15) is 9.90 Å². The topological polar surface area (TPSA) is 49.3 Å². The first-order valence-corrected chi connectivity index (χ1v) is 6.01. The third-order valence-corrected chi connectivity index (χ3v) is 3.64. The van der Waals surface area contributed by atoms with Crippen molar-refractivity contribution in [3.63, 3.8) is 0 Å². The molecule has 2 N–H and O–H groups in total. The lowest BCUT2D eigenvalue weighted by molar-refractivity contribution is -0.144. The van der Waals surface area contributed by atoms with Gasteiger partial charge >= 0.3 is 5.97 Å². The largest absolute Gasteiger partial charge is 0.480 e. The Kier molecular flexibility index (Phi) is 2.96. The van der Waals surface area contributed by atoms with Crippen molar-refractivity contribution in [1.82, 2.24) is 5.32 Å². The number of aryl methyl sites for hydroxylation is 1. The molecular weight excluding hydrogens is 214 g/mol. The second-order valence-electron chi connectivity index (χ2n) is 5.26. The Morgan fingerprint density at radius 3 is 2.35 bits per heavy atom. The molecule has 1 aliphatic carbocycles. The molecule has 1 aromatic carbocycles. The third-order valence-electron chi connectivity index (χ3n) is 3.64. The van der Waals surface area contributed by atoms with Crippen LogP contribution in [0.3, 0.4) is 0 Å². The van der Waals surface area contributed by atoms with Crippen LogP contribution in [0, 0.1) is 12.8 Å². The molecule has 2 rings (SSSR count). The zero-order valence-electron chi connectivity index (χ0n) is 10.5. The Morgan fingerprint density at radius 2 is 1.94 bits per heavy atom.